The van der Waals surface area contributed by atoms with Crippen molar-refractivity contribution in [2.45, 2.75) is 0 Å². The van der Waals surface area contributed by atoms with Gasteiger partial charge < -0.3 is 5.73 Å². The van der Waals surface area contributed by atoms with Gasteiger partial charge >= 0.3 is 0 Å². The average molecular weight is 245 g/mol. The Balaban J connectivity index is 2.41. The molecule has 0 heterocycles. The van der Waals surface area contributed by atoms with E-state index in [2.05, 4.69) is 36.4 Å². The SMILES string of the molecule is Nc1c(C=O)cc2ccc3cccc4ccc1c2c34. The molecule has 2 nitrogen and oxygen atoms in total. The molecule has 4 aromatic rings. The van der Waals surface area contributed by atoms with Crippen molar-refractivity contribution >= 4 is 44.3 Å². The fourth-order valence-corrected chi connectivity index (χ4v) is 2.95. The van der Waals surface area contributed by atoms with Gasteiger partial charge in [-0.25, -0.2) is 0 Å². The first-order valence-corrected chi connectivity index (χ1v) is 6.21. The molecule has 90 valence electrons. The van der Waals surface area contributed by atoms with E-state index >= 15 is 0 Å². The second-order valence-corrected chi connectivity index (χ2v) is 4.85. The zero-order chi connectivity index (χ0) is 13.0. The summed E-state index contributed by atoms with van der Waals surface area (Å²) in [5.41, 5.74) is 7.24. The number of benzene rings is 4. The van der Waals surface area contributed by atoms with Crippen molar-refractivity contribution in [3.8, 4) is 0 Å². The van der Waals surface area contributed by atoms with Crippen LogP contribution in [-0.2, 0) is 0 Å². The molecule has 0 aliphatic rings. The number of anilines is 1. The Morgan fingerprint density at radius 3 is 2.26 bits per heavy atom. The van der Waals surface area contributed by atoms with Crippen LogP contribution in [0.15, 0.2) is 48.5 Å². The molecule has 4 rings (SSSR count). The van der Waals surface area contributed by atoms with Gasteiger partial charge in [-0.15, -0.1) is 0 Å². The predicted molar refractivity (Wildman–Crippen MR) is 79.9 cm³/mol. The number of carbonyl (C=O) groups excluding carboxylic acids is 1. The van der Waals surface area contributed by atoms with Gasteiger partial charge in [0.25, 0.3) is 0 Å². The molecule has 0 radical (unpaired) electrons. The summed E-state index contributed by atoms with van der Waals surface area (Å²) in [4.78, 5) is 11.1. The van der Waals surface area contributed by atoms with Crippen LogP contribution in [0.1, 0.15) is 10.4 Å². The monoisotopic (exact) mass is 245 g/mol. The summed E-state index contributed by atoms with van der Waals surface area (Å²) in [6, 6.07) is 16.3. The fraction of sp³-hybridized carbons (Fsp3) is 0. The van der Waals surface area contributed by atoms with Gasteiger partial charge in [-0.2, -0.15) is 0 Å². The molecule has 4 aromatic carbocycles. The highest BCUT2D eigenvalue weighted by molar-refractivity contribution is 6.26. The lowest BCUT2D eigenvalue weighted by atomic mass is 9.92. The van der Waals surface area contributed by atoms with Crippen LogP contribution in [-0.4, -0.2) is 6.29 Å². The number of rotatable bonds is 1. The minimum atomic E-state index is 0.561. The van der Waals surface area contributed by atoms with E-state index in [4.69, 9.17) is 5.73 Å². The van der Waals surface area contributed by atoms with E-state index in [9.17, 15) is 4.79 Å². The van der Waals surface area contributed by atoms with Gasteiger partial charge in [-0.3, -0.25) is 4.79 Å². The van der Waals surface area contributed by atoms with Gasteiger partial charge in [0.1, 0.15) is 0 Å². The Kier molecular flexibility index (Phi) is 1.88. The Hall–Kier alpha value is -2.61. The number of nitrogens with two attached hydrogens (primary N) is 1. The molecule has 0 unspecified atom stereocenters. The third kappa shape index (κ3) is 1.23. The van der Waals surface area contributed by atoms with Crippen LogP contribution in [0, 0.1) is 0 Å². The summed E-state index contributed by atoms with van der Waals surface area (Å²) in [5.74, 6) is 0. The lowest BCUT2D eigenvalue weighted by molar-refractivity contribution is 0.112. The fourth-order valence-electron chi connectivity index (χ4n) is 2.95. The number of hydrogen-bond acceptors (Lipinski definition) is 2. The third-order valence-corrected chi connectivity index (χ3v) is 3.85. The number of aldehydes is 1. The van der Waals surface area contributed by atoms with Gasteiger partial charge in [-0.1, -0.05) is 42.5 Å². The Labute approximate surface area is 109 Å². The summed E-state index contributed by atoms with van der Waals surface area (Å²) >= 11 is 0. The topological polar surface area (TPSA) is 43.1 Å². The maximum Gasteiger partial charge on any atom is 0.152 e. The van der Waals surface area contributed by atoms with Crippen molar-refractivity contribution in [3.63, 3.8) is 0 Å². The molecule has 0 aliphatic carbocycles. The van der Waals surface area contributed by atoms with Crippen molar-refractivity contribution in [2.75, 3.05) is 5.73 Å². The zero-order valence-corrected chi connectivity index (χ0v) is 10.2. The minimum Gasteiger partial charge on any atom is -0.398 e. The van der Waals surface area contributed by atoms with Crippen LogP contribution in [0.5, 0.6) is 0 Å². The van der Waals surface area contributed by atoms with E-state index in [1.165, 1.54) is 16.2 Å². The highest BCUT2D eigenvalue weighted by Gasteiger charge is 2.12. The molecule has 2 N–H and O–H groups in total. The summed E-state index contributed by atoms with van der Waals surface area (Å²) in [5, 5.41) is 6.81. The molecule has 0 aromatic heterocycles. The van der Waals surface area contributed by atoms with Gasteiger partial charge in [0.2, 0.25) is 0 Å². The molecular formula is C17H11NO. The molecular weight excluding hydrogens is 234 g/mol. The zero-order valence-electron chi connectivity index (χ0n) is 10.2. The van der Waals surface area contributed by atoms with Crippen LogP contribution in [0.2, 0.25) is 0 Å². The van der Waals surface area contributed by atoms with E-state index in [-0.39, 0.29) is 0 Å². The Bertz CT molecular complexity index is 924. The molecule has 0 aliphatic heterocycles. The lowest BCUT2D eigenvalue weighted by Gasteiger charge is -2.13. The first kappa shape index (κ1) is 10.3. The van der Waals surface area contributed by atoms with E-state index in [0.717, 1.165) is 22.4 Å². The molecule has 0 saturated heterocycles. The normalized spacial score (nSPS) is 11.6. The highest BCUT2D eigenvalue weighted by atomic mass is 16.1. The van der Waals surface area contributed by atoms with Crippen LogP contribution >= 0.6 is 0 Å². The van der Waals surface area contributed by atoms with E-state index < -0.39 is 0 Å². The van der Waals surface area contributed by atoms with Crippen LogP contribution < -0.4 is 5.73 Å². The third-order valence-electron chi connectivity index (χ3n) is 3.85. The van der Waals surface area contributed by atoms with Gasteiger partial charge in [0.15, 0.2) is 6.29 Å². The van der Waals surface area contributed by atoms with Gasteiger partial charge in [0.05, 0.1) is 5.69 Å². The van der Waals surface area contributed by atoms with Gasteiger partial charge in [-0.05, 0) is 33.0 Å². The van der Waals surface area contributed by atoms with Crippen molar-refractivity contribution in [1.82, 2.24) is 0 Å². The van der Waals surface area contributed by atoms with Crippen molar-refractivity contribution in [1.29, 1.82) is 0 Å². The first-order chi connectivity index (χ1) is 9.29. The van der Waals surface area contributed by atoms with Crippen LogP contribution in [0.3, 0.4) is 0 Å². The Morgan fingerprint density at radius 2 is 1.53 bits per heavy atom. The molecule has 2 heteroatoms. The highest BCUT2D eigenvalue weighted by Crippen LogP contribution is 2.37. The van der Waals surface area contributed by atoms with E-state index in [1.807, 2.05) is 12.1 Å². The van der Waals surface area contributed by atoms with Gasteiger partial charge in [0, 0.05) is 10.9 Å². The summed E-state index contributed by atoms with van der Waals surface area (Å²) in [6.45, 7) is 0. The molecule has 0 bridgehead atoms. The van der Waals surface area contributed by atoms with Crippen LogP contribution in [0.4, 0.5) is 5.69 Å². The molecule has 0 saturated carbocycles. The largest absolute Gasteiger partial charge is 0.398 e. The maximum absolute atomic E-state index is 11.1. The second-order valence-electron chi connectivity index (χ2n) is 4.85. The van der Waals surface area contributed by atoms with Crippen molar-refractivity contribution in [2.24, 2.45) is 0 Å². The molecule has 0 spiro atoms. The molecule has 0 atom stereocenters. The summed E-state index contributed by atoms with van der Waals surface area (Å²) < 4.78 is 0. The first-order valence-electron chi connectivity index (χ1n) is 6.21. The number of carbonyl (C=O) groups is 1. The van der Waals surface area contributed by atoms with Crippen LogP contribution in [0.25, 0.3) is 32.3 Å². The second kappa shape index (κ2) is 3.45. The van der Waals surface area contributed by atoms with E-state index in [0.29, 0.717) is 11.3 Å². The molecule has 19 heavy (non-hydrogen) atoms. The number of hydrogen-bond donors (Lipinski definition) is 1. The minimum absolute atomic E-state index is 0.561. The molecule has 0 amide bonds. The van der Waals surface area contributed by atoms with Crippen molar-refractivity contribution in [3.05, 3.63) is 54.1 Å². The average Bonchev–Trinajstić information content (AvgIpc) is 2.46. The summed E-state index contributed by atoms with van der Waals surface area (Å²) in [7, 11) is 0. The Morgan fingerprint density at radius 1 is 0.842 bits per heavy atom. The van der Waals surface area contributed by atoms with E-state index in [1.54, 1.807) is 0 Å². The smallest absolute Gasteiger partial charge is 0.152 e. The quantitative estimate of drug-likeness (QED) is 0.313. The standard InChI is InChI=1S/C17H11NO/c18-17-13(9-19)8-12-5-4-10-2-1-3-11-6-7-14(17)16(12)15(10)11/h1-9H,18H2. The summed E-state index contributed by atoms with van der Waals surface area (Å²) in [6.07, 6.45) is 0.823. The lowest BCUT2D eigenvalue weighted by Crippen LogP contribution is -1.96. The molecule has 0 fully saturated rings. The maximum atomic E-state index is 11.1. The number of nitrogen functional groups attached to an aromatic ring is 1. The predicted octanol–water partition coefficient (Wildman–Crippen LogP) is 3.98. The van der Waals surface area contributed by atoms with Crippen molar-refractivity contribution < 1.29 is 4.79 Å².